The van der Waals surface area contributed by atoms with E-state index in [1.165, 1.54) is 19.1 Å². The molecule has 1 aliphatic rings. The molecule has 0 aromatic carbocycles. The molecule has 0 spiro atoms. The Morgan fingerprint density at radius 3 is 2.22 bits per heavy atom. The van der Waals surface area contributed by atoms with Gasteiger partial charge in [0.15, 0.2) is 5.41 Å². The first kappa shape index (κ1) is 14.5. The Morgan fingerprint density at radius 1 is 1.33 bits per heavy atom. The van der Waals surface area contributed by atoms with Crippen molar-refractivity contribution in [2.24, 2.45) is 11.3 Å². The van der Waals surface area contributed by atoms with E-state index in [9.17, 15) is 14.4 Å². The number of esters is 2. The SMILES string of the molecule is CCC1C(=O)N(C)CCC1(C(=O)OC)C(=O)OC. The summed E-state index contributed by atoms with van der Waals surface area (Å²) < 4.78 is 9.44. The van der Waals surface area contributed by atoms with Gasteiger partial charge in [-0.2, -0.15) is 0 Å². The molecule has 0 N–H and O–H groups in total. The van der Waals surface area contributed by atoms with Gasteiger partial charge in [-0.05, 0) is 12.8 Å². The van der Waals surface area contributed by atoms with Crippen LogP contribution < -0.4 is 0 Å². The van der Waals surface area contributed by atoms with Gasteiger partial charge in [0.25, 0.3) is 0 Å². The lowest BCUT2D eigenvalue weighted by molar-refractivity contribution is -0.183. The molecule has 1 saturated heterocycles. The number of piperidine rings is 1. The van der Waals surface area contributed by atoms with Crippen LogP contribution >= 0.6 is 0 Å². The zero-order valence-electron chi connectivity index (χ0n) is 11.2. The summed E-state index contributed by atoms with van der Waals surface area (Å²) in [5.74, 6) is -2.33. The third-order valence-corrected chi connectivity index (χ3v) is 3.62. The lowest BCUT2D eigenvalue weighted by Gasteiger charge is -2.41. The van der Waals surface area contributed by atoms with Gasteiger partial charge < -0.3 is 14.4 Å². The van der Waals surface area contributed by atoms with Gasteiger partial charge in [-0.15, -0.1) is 0 Å². The maximum absolute atomic E-state index is 12.1. The minimum atomic E-state index is -1.50. The summed E-state index contributed by atoms with van der Waals surface area (Å²) in [4.78, 5) is 37.7. The molecule has 0 saturated carbocycles. The van der Waals surface area contributed by atoms with Gasteiger partial charge in [-0.3, -0.25) is 14.4 Å². The largest absolute Gasteiger partial charge is 0.468 e. The van der Waals surface area contributed by atoms with Gasteiger partial charge in [-0.1, -0.05) is 6.92 Å². The van der Waals surface area contributed by atoms with Crippen molar-refractivity contribution in [3.8, 4) is 0 Å². The number of rotatable bonds is 3. The first-order valence-electron chi connectivity index (χ1n) is 5.87. The summed E-state index contributed by atoms with van der Waals surface area (Å²) >= 11 is 0. The number of nitrogens with zero attached hydrogens (tertiary/aromatic N) is 1. The topological polar surface area (TPSA) is 72.9 Å². The number of likely N-dealkylation sites (tertiary alicyclic amines) is 1. The number of hydrogen-bond acceptors (Lipinski definition) is 5. The van der Waals surface area contributed by atoms with Crippen molar-refractivity contribution >= 4 is 17.8 Å². The van der Waals surface area contributed by atoms with Crippen LogP contribution in [0.15, 0.2) is 0 Å². The highest BCUT2D eigenvalue weighted by Crippen LogP contribution is 2.41. The van der Waals surface area contributed by atoms with E-state index in [2.05, 4.69) is 0 Å². The van der Waals surface area contributed by atoms with Crippen molar-refractivity contribution in [1.82, 2.24) is 4.90 Å². The van der Waals surface area contributed by atoms with E-state index in [0.29, 0.717) is 13.0 Å². The van der Waals surface area contributed by atoms with E-state index in [1.54, 1.807) is 14.0 Å². The zero-order valence-corrected chi connectivity index (χ0v) is 11.2. The molecule has 0 aliphatic carbocycles. The lowest BCUT2D eigenvalue weighted by atomic mass is 9.68. The van der Waals surface area contributed by atoms with E-state index in [-0.39, 0.29) is 12.3 Å². The van der Waals surface area contributed by atoms with Crippen LogP contribution in [0.5, 0.6) is 0 Å². The summed E-state index contributed by atoms with van der Waals surface area (Å²) in [6.07, 6.45) is 0.612. The molecular weight excluding hydrogens is 238 g/mol. The van der Waals surface area contributed by atoms with Crippen LogP contribution in [0.1, 0.15) is 19.8 Å². The fraction of sp³-hybridized carbons (Fsp3) is 0.750. The summed E-state index contributed by atoms with van der Waals surface area (Å²) in [5, 5.41) is 0. The summed E-state index contributed by atoms with van der Waals surface area (Å²) in [7, 11) is 4.08. The van der Waals surface area contributed by atoms with Crippen molar-refractivity contribution in [1.29, 1.82) is 0 Å². The van der Waals surface area contributed by atoms with Crippen molar-refractivity contribution in [2.45, 2.75) is 19.8 Å². The molecule has 102 valence electrons. The van der Waals surface area contributed by atoms with E-state index in [1.807, 2.05) is 0 Å². The molecule has 0 radical (unpaired) electrons. The molecule has 1 fully saturated rings. The van der Waals surface area contributed by atoms with E-state index >= 15 is 0 Å². The highest BCUT2D eigenvalue weighted by Gasteiger charge is 2.59. The van der Waals surface area contributed by atoms with E-state index in [4.69, 9.17) is 9.47 Å². The van der Waals surface area contributed by atoms with Gasteiger partial charge in [0.05, 0.1) is 20.1 Å². The van der Waals surface area contributed by atoms with Crippen LogP contribution in [0.4, 0.5) is 0 Å². The Bertz CT molecular complexity index is 349. The Kier molecular flexibility index (Phi) is 4.32. The maximum Gasteiger partial charge on any atom is 0.324 e. The second kappa shape index (κ2) is 5.37. The van der Waals surface area contributed by atoms with Crippen LogP contribution in [0.25, 0.3) is 0 Å². The fourth-order valence-electron chi connectivity index (χ4n) is 2.56. The molecule has 6 heteroatoms. The molecule has 6 nitrogen and oxygen atoms in total. The van der Waals surface area contributed by atoms with Crippen molar-refractivity contribution in [3.05, 3.63) is 0 Å². The summed E-state index contributed by atoms with van der Waals surface area (Å²) in [6, 6.07) is 0. The molecule has 0 bridgehead atoms. The normalized spacial score (nSPS) is 22.6. The first-order valence-corrected chi connectivity index (χ1v) is 5.87. The highest BCUT2D eigenvalue weighted by molar-refractivity contribution is 6.05. The quantitative estimate of drug-likeness (QED) is 0.533. The third-order valence-electron chi connectivity index (χ3n) is 3.62. The number of carbonyl (C=O) groups excluding carboxylic acids is 3. The molecule has 1 aliphatic heterocycles. The second-order valence-electron chi connectivity index (χ2n) is 4.43. The lowest BCUT2D eigenvalue weighted by Crippen LogP contribution is -2.58. The van der Waals surface area contributed by atoms with Crippen LogP contribution in [0, 0.1) is 11.3 Å². The zero-order chi connectivity index (χ0) is 13.9. The summed E-state index contributed by atoms with van der Waals surface area (Å²) in [5.41, 5.74) is -1.50. The fourth-order valence-corrected chi connectivity index (χ4v) is 2.56. The minimum absolute atomic E-state index is 0.223. The number of methoxy groups -OCH3 is 2. The Labute approximate surface area is 106 Å². The molecule has 1 rings (SSSR count). The monoisotopic (exact) mass is 257 g/mol. The van der Waals surface area contributed by atoms with Crippen molar-refractivity contribution in [2.75, 3.05) is 27.8 Å². The molecule has 1 unspecified atom stereocenters. The summed E-state index contributed by atoms with van der Waals surface area (Å²) in [6.45, 7) is 2.10. The number of carbonyl (C=O) groups is 3. The molecular formula is C12H19NO5. The average Bonchev–Trinajstić information content (AvgIpc) is 2.39. The predicted molar refractivity (Wildman–Crippen MR) is 62.5 cm³/mol. The van der Waals surface area contributed by atoms with Gasteiger partial charge in [0.2, 0.25) is 5.91 Å². The number of hydrogen-bond donors (Lipinski definition) is 0. The maximum atomic E-state index is 12.1. The average molecular weight is 257 g/mol. The molecule has 1 heterocycles. The van der Waals surface area contributed by atoms with Crippen LogP contribution in [0.3, 0.4) is 0 Å². The van der Waals surface area contributed by atoms with Crippen LogP contribution in [-0.2, 0) is 23.9 Å². The number of ether oxygens (including phenoxy) is 2. The Hall–Kier alpha value is -1.59. The van der Waals surface area contributed by atoms with Gasteiger partial charge in [0, 0.05) is 13.6 Å². The first-order chi connectivity index (χ1) is 8.45. The predicted octanol–water partition coefficient (Wildman–Crippen LogP) is 0.207. The second-order valence-corrected chi connectivity index (χ2v) is 4.43. The van der Waals surface area contributed by atoms with Crippen molar-refractivity contribution in [3.63, 3.8) is 0 Å². The van der Waals surface area contributed by atoms with Gasteiger partial charge >= 0.3 is 11.9 Å². The molecule has 18 heavy (non-hydrogen) atoms. The molecule has 0 aromatic heterocycles. The smallest absolute Gasteiger partial charge is 0.324 e. The molecule has 0 aromatic rings. The van der Waals surface area contributed by atoms with E-state index < -0.39 is 23.3 Å². The Morgan fingerprint density at radius 2 is 1.83 bits per heavy atom. The van der Waals surface area contributed by atoms with Crippen molar-refractivity contribution < 1.29 is 23.9 Å². The highest BCUT2D eigenvalue weighted by atomic mass is 16.5. The minimum Gasteiger partial charge on any atom is -0.468 e. The third kappa shape index (κ3) is 1.95. The molecule has 1 atom stereocenters. The Balaban J connectivity index is 3.27. The molecule has 1 amide bonds. The van der Waals surface area contributed by atoms with E-state index in [0.717, 1.165) is 0 Å². The standard InChI is InChI=1S/C12H19NO5/c1-5-8-9(14)13(2)7-6-12(8,10(15)17-3)11(16)18-4/h8H,5-7H2,1-4H3. The number of amides is 1. The van der Waals surface area contributed by atoms with Crippen LogP contribution in [0.2, 0.25) is 0 Å². The van der Waals surface area contributed by atoms with Gasteiger partial charge in [0.1, 0.15) is 0 Å². The van der Waals surface area contributed by atoms with Crippen LogP contribution in [-0.4, -0.2) is 50.6 Å². The van der Waals surface area contributed by atoms with Gasteiger partial charge in [-0.25, -0.2) is 0 Å².